The SMILES string of the molecule is C[CH]C(C)(C)C(C)CCCCCCCCC. The first-order chi connectivity index (χ1) is 7.54. The van der Waals surface area contributed by atoms with Crippen molar-refractivity contribution < 1.29 is 0 Å². The van der Waals surface area contributed by atoms with Crippen LogP contribution >= 0.6 is 0 Å². The largest absolute Gasteiger partial charge is 0.0654 e. The van der Waals surface area contributed by atoms with Gasteiger partial charge in [0.25, 0.3) is 0 Å². The monoisotopic (exact) mass is 225 g/mol. The van der Waals surface area contributed by atoms with Crippen LogP contribution in [0.4, 0.5) is 0 Å². The van der Waals surface area contributed by atoms with E-state index in [1.54, 1.807) is 0 Å². The van der Waals surface area contributed by atoms with Crippen LogP contribution in [0, 0.1) is 17.8 Å². The molecule has 0 nitrogen and oxygen atoms in total. The summed E-state index contributed by atoms with van der Waals surface area (Å²) in [6.07, 6.45) is 13.7. The topological polar surface area (TPSA) is 0 Å². The van der Waals surface area contributed by atoms with Crippen molar-refractivity contribution in [3.05, 3.63) is 6.42 Å². The van der Waals surface area contributed by atoms with Crippen molar-refractivity contribution in [2.45, 2.75) is 86.0 Å². The molecule has 0 heterocycles. The third kappa shape index (κ3) is 7.30. The van der Waals surface area contributed by atoms with Crippen molar-refractivity contribution in [1.82, 2.24) is 0 Å². The van der Waals surface area contributed by atoms with Gasteiger partial charge in [-0.25, -0.2) is 0 Å². The van der Waals surface area contributed by atoms with Gasteiger partial charge in [-0.3, -0.25) is 0 Å². The van der Waals surface area contributed by atoms with E-state index in [1.165, 1.54) is 51.4 Å². The fourth-order valence-corrected chi connectivity index (χ4v) is 2.06. The summed E-state index contributed by atoms with van der Waals surface area (Å²) in [6.45, 7) is 11.6. The zero-order valence-electron chi connectivity index (χ0n) is 12.3. The van der Waals surface area contributed by atoms with Crippen molar-refractivity contribution in [1.29, 1.82) is 0 Å². The van der Waals surface area contributed by atoms with Gasteiger partial charge in [-0.05, 0) is 17.8 Å². The first kappa shape index (κ1) is 16.0. The summed E-state index contributed by atoms with van der Waals surface area (Å²) in [5.74, 6) is 0.827. The average molecular weight is 225 g/mol. The van der Waals surface area contributed by atoms with Crippen molar-refractivity contribution in [3.8, 4) is 0 Å². The van der Waals surface area contributed by atoms with Crippen molar-refractivity contribution in [2.75, 3.05) is 0 Å². The Kier molecular flexibility index (Phi) is 9.07. The molecule has 0 rings (SSSR count). The van der Waals surface area contributed by atoms with E-state index in [0.29, 0.717) is 5.41 Å². The van der Waals surface area contributed by atoms with Crippen LogP contribution in [0.15, 0.2) is 0 Å². The lowest BCUT2D eigenvalue weighted by Crippen LogP contribution is -2.20. The first-order valence-corrected chi connectivity index (χ1v) is 7.35. The Balaban J connectivity index is 3.38. The Hall–Kier alpha value is 0. The lowest BCUT2D eigenvalue weighted by Gasteiger charge is -2.30. The molecule has 0 aromatic rings. The Morgan fingerprint density at radius 3 is 1.94 bits per heavy atom. The van der Waals surface area contributed by atoms with Crippen LogP contribution in [0.25, 0.3) is 0 Å². The molecule has 0 aliphatic carbocycles. The summed E-state index contributed by atoms with van der Waals surface area (Å²) in [6, 6.07) is 0. The van der Waals surface area contributed by atoms with Crippen LogP contribution < -0.4 is 0 Å². The van der Waals surface area contributed by atoms with Crippen LogP contribution in [-0.2, 0) is 0 Å². The zero-order valence-corrected chi connectivity index (χ0v) is 12.3. The number of rotatable bonds is 10. The molecular weight excluding hydrogens is 192 g/mol. The molecule has 0 aromatic heterocycles. The van der Waals surface area contributed by atoms with Crippen LogP contribution in [0.2, 0.25) is 0 Å². The maximum absolute atomic E-state index is 2.40. The second-order valence-electron chi connectivity index (χ2n) is 5.92. The molecule has 1 radical (unpaired) electrons. The zero-order chi connectivity index (χ0) is 12.4. The van der Waals surface area contributed by atoms with Gasteiger partial charge in [-0.15, -0.1) is 0 Å². The molecular formula is C16H33. The lowest BCUT2D eigenvalue weighted by molar-refractivity contribution is 0.258. The molecule has 0 saturated carbocycles. The predicted molar refractivity (Wildman–Crippen MR) is 75.5 cm³/mol. The van der Waals surface area contributed by atoms with Crippen LogP contribution in [0.3, 0.4) is 0 Å². The molecule has 16 heavy (non-hydrogen) atoms. The molecule has 0 aromatic carbocycles. The highest BCUT2D eigenvalue weighted by Gasteiger charge is 2.22. The molecule has 1 atom stereocenters. The van der Waals surface area contributed by atoms with E-state index in [0.717, 1.165) is 5.92 Å². The van der Waals surface area contributed by atoms with Gasteiger partial charge in [0.15, 0.2) is 0 Å². The molecule has 97 valence electrons. The molecule has 0 N–H and O–H groups in total. The summed E-state index contributed by atoms with van der Waals surface area (Å²) in [7, 11) is 0. The van der Waals surface area contributed by atoms with Crippen molar-refractivity contribution >= 4 is 0 Å². The van der Waals surface area contributed by atoms with E-state index in [9.17, 15) is 0 Å². The summed E-state index contributed by atoms with van der Waals surface area (Å²) < 4.78 is 0. The summed E-state index contributed by atoms with van der Waals surface area (Å²) in [4.78, 5) is 0. The standard InChI is InChI=1S/C16H33/c1-6-8-9-10-11-12-13-14-15(3)16(4,5)7-2/h7,15H,6,8-14H2,1-5H3. The van der Waals surface area contributed by atoms with E-state index in [1.807, 2.05) is 0 Å². The molecule has 0 fully saturated rings. The smallest absolute Gasteiger partial charge is 0.0300 e. The fourth-order valence-electron chi connectivity index (χ4n) is 2.06. The molecule has 0 saturated heterocycles. The maximum atomic E-state index is 2.40. The number of hydrogen-bond donors (Lipinski definition) is 0. The van der Waals surface area contributed by atoms with E-state index >= 15 is 0 Å². The van der Waals surface area contributed by atoms with Gasteiger partial charge in [0.1, 0.15) is 0 Å². The van der Waals surface area contributed by atoms with E-state index in [4.69, 9.17) is 0 Å². The summed E-state index contributed by atoms with van der Waals surface area (Å²) in [5, 5.41) is 0. The lowest BCUT2D eigenvalue weighted by atomic mass is 9.75. The Morgan fingerprint density at radius 2 is 1.44 bits per heavy atom. The maximum Gasteiger partial charge on any atom is -0.0300 e. The third-order valence-electron chi connectivity index (χ3n) is 4.25. The van der Waals surface area contributed by atoms with Crippen LogP contribution in [-0.4, -0.2) is 0 Å². The molecule has 0 spiro atoms. The molecule has 0 bridgehead atoms. The highest BCUT2D eigenvalue weighted by molar-refractivity contribution is 4.85. The third-order valence-corrected chi connectivity index (χ3v) is 4.25. The molecule has 0 amide bonds. The Labute approximate surface area is 104 Å². The van der Waals surface area contributed by atoms with Gasteiger partial charge >= 0.3 is 0 Å². The normalized spacial score (nSPS) is 14.1. The first-order valence-electron chi connectivity index (χ1n) is 7.35. The Bertz CT molecular complexity index is 146. The molecule has 0 aliphatic rings. The van der Waals surface area contributed by atoms with E-state index < -0.39 is 0 Å². The molecule has 1 unspecified atom stereocenters. The van der Waals surface area contributed by atoms with Crippen LogP contribution in [0.5, 0.6) is 0 Å². The van der Waals surface area contributed by atoms with Gasteiger partial charge in [0.2, 0.25) is 0 Å². The summed E-state index contributed by atoms with van der Waals surface area (Å²) >= 11 is 0. The van der Waals surface area contributed by atoms with Gasteiger partial charge < -0.3 is 0 Å². The average Bonchev–Trinajstić information content (AvgIpc) is 2.27. The fraction of sp³-hybridized carbons (Fsp3) is 0.938. The molecule has 0 heteroatoms. The minimum atomic E-state index is 0.419. The van der Waals surface area contributed by atoms with Gasteiger partial charge in [-0.1, -0.05) is 86.0 Å². The number of unbranched alkanes of at least 4 members (excludes halogenated alkanes) is 6. The quantitative estimate of drug-likeness (QED) is 0.399. The van der Waals surface area contributed by atoms with Gasteiger partial charge in [-0.2, -0.15) is 0 Å². The highest BCUT2D eigenvalue weighted by atomic mass is 14.3. The molecule has 0 aliphatic heterocycles. The second kappa shape index (κ2) is 9.07. The predicted octanol–water partition coefficient (Wildman–Crippen LogP) is 6.01. The van der Waals surface area contributed by atoms with Gasteiger partial charge in [0, 0.05) is 0 Å². The highest BCUT2D eigenvalue weighted by Crippen LogP contribution is 2.32. The van der Waals surface area contributed by atoms with Crippen molar-refractivity contribution in [2.24, 2.45) is 11.3 Å². The number of hydrogen-bond acceptors (Lipinski definition) is 0. The second-order valence-corrected chi connectivity index (χ2v) is 5.92. The Morgan fingerprint density at radius 1 is 0.938 bits per heavy atom. The minimum Gasteiger partial charge on any atom is -0.0654 e. The van der Waals surface area contributed by atoms with Crippen LogP contribution in [0.1, 0.15) is 86.0 Å². The van der Waals surface area contributed by atoms with Gasteiger partial charge in [0.05, 0.1) is 0 Å². The van der Waals surface area contributed by atoms with Crippen molar-refractivity contribution in [3.63, 3.8) is 0 Å². The van der Waals surface area contributed by atoms with E-state index in [2.05, 4.69) is 41.0 Å². The minimum absolute atomic E-state index is 0.419. The van der Waals surface area contributed by atoms with E-state index in [-0.39, 0.29) is 0 Å². The summed E-state index contributed by atoms with van der Waals surface area (Å²) in [5.41, 5.74) is 0.419.